The van der Waals surface area contributed by atoms with Crippen LogP contribution < -0.4 is 5.43 Å². The van der Waals surface area contributed by atoms with Crippen molar-refractivity contribution in [1.29, 1.82) is 0 Å². The van der Waals surface area contributed by atoms with E-state index in [-0.39, 0.29) is 11.3 Å². The fourth-order valence-corrected chi connectivity index (χ4v) is 2.50. The molecule has 3 aromatic carbocycles. The summed E-state index contributed by atoms with van der Waals surface area (Å²) < 4.78 is 0. The van der Waals surface area contributed by atoms with Crippen molar-refractivity contribution >= 4 is 29.2 Å². The molecule has 2 N–H and O–H groups in total. The summed E-state index contributed by atoms with van der Waals surface area (Å²) in [5.41, 5.74) is 4.74. The highest BCUT2D eigenvalue weighted by atomic mass is 16.3. The first-order valence-electron chi connectivity index (χ1n) is 7.69. The zero-order valence-electron chi connectivity index (χ0n) is 13.6. The molecule has 3 rings (SSSR count). The Morgan fingerprint density at radius 3 is 2.52 bits per heavy atom. The molecule has 0 aliphatic heterocycles. The number of hydrogen-bond donors (Lipinski definition) is 2. The molecule has 0 aliphatic carbocycles. The number of nitrogens with one attached hydrogen (secondary N) is 1. The summed E-state index contributed by atoms with van der Waals surface area (Å²) in [4.78, 5) is 23.1. The largest absolute Gasteiger partial charge is 0.507 e. The van der Waals surface area contributed by atoms with E-state index in [1.807, 2.05) is 37.3 Å². The molecule has 0 bridgehead atoms. The van der Waals surface area contributed by atoms with Crippen molar-refractivity contribution in [2.75, 3.05) is 0 Å². The van der Waals surface area contributed by atoms with Gasteiger partial charge in [0.15, 0.2) is 0 Å². The summed E-state index contributed by atoms with van der Waals surface area (Å²) in [5, 5.41) is 15.7. The van der Waals surface area contributed by atoms with Crippen molar-refractivity contribution in [2.24, 2.45) is 5.10 Å². The number of carbonyl (C=O) groups is 2. The van der Waals surface area contributed by atoms with Gasteiger partial charge in [0, 0.05) is 5.56 Å². The molecule has 3 aromatic rings. The monoisotopic (exact) mass is 332 g/mol. The van der Waals surface area contributed by atoms with Gasteiger partial charge in [-0.1, -0.05) is 36.4 Å². The van der Waals surface area contributed by atoms with Gasteiger partial charge in [-0.2, -0.15) is 5.10 Å². The van der Waals surface area contributed by atoms with E-state index in [4.69, 9.17) is 0 Å². The summed E-state index contributed by atoms with van der Waals surface area (Å²) in [6.45, 7) is 1.88. The summed E-state index contributed by atoms with van der Waals surface area (Å²) >= 11 is 0. The summed E-state index contributed by atoms with van der Waals surface area (Å²) in [6, 6.07) is 15.8. The fraction of sp³-hybridized carbons (Fsp3) is 0.0500. The lowest BCUT2D eigenvalue weighted by Crippen LogP contribution is -2.17. The highest BCUT2D eigenvalue weighted by molar-refractivity contribution is 6.01. The maximum atomic E-state index is 12.3. The Hall–Kier alpha value is -3.47. The van der Waals surface area contributed by atoms with Crippen molar-refractivity contribution < 1.29 is 14.7 Å². The normalized spacial score (nSPS) is 10.9. The maximum Gasteiger partial charge on any atom is 0.275 e. The van der Waals surface area contributed by atoms with E-state index in [0.717, 1.165) is 28.2 Å². The molecule has 0 unspecified atom stereocenters. The first-order chi connectivity index (χ1) is 12.1. The first-order valence-corrected chi connectivity index (χ1v) is 7.69. The molecule has 1 amide bonds. The van der Waals surface area contributed by atoms with Crippen LogP contribution in [0.3, 0.4) is 0 Å². The summed E-state index contributed by atoms with van der Waals surface area (Å²) in [5.74, 6) is -0.616. The summed E-state index contributed by atoms with van der Waals surface area (Å²) in [6.07, 6.45) is 2.22. The molecule has 0 aromatic heterocycles. The van der Waals surface area contributed by atoms with E-state index in [1.54, 1.807) is 24.3 Å². The highest BCUT2D eigenvalue weighted by Crippen LogP contribution is 2.24. The molecular formula is C20H16N2O3. The highest BCUT2D eigenvalue weighted by Gasteiger charge is 2.11. The number of nitrogens with zero attached hydrogens (tertiary/aromatic N) is 1. The number of amides is 1. The van der Waals surface area contributed by atoms with E-state index >= 15 is 0 Å². The second-order valence-corrected chi connectivity index (χ2v) is 5.65. The van der Waals surface area contributed by atoms with Crippen LogP contribution in [-0.2, 0) is 0 Å². The van der Waals surface area contributed by atoms with E-state index < -0.39 is 5.91 Å². The minimum Gasteiger partial charge on any atom is -0.507 e. The number of carbonyl (C=O) groups excluding carboxylic acids is 2. The second-order valence-electron chi connectivity index (χ2n) is 5.65. The topological polar surface area (TPSA) is 78.8 Å². The standard InChI is InChI=1S/C20H16N2O3/c1-13-6-7-14(12-23)8-17(13)11-21-22-20(25)18-9-15-4-2-3-5-16(15)10-19(18)24/h2-12,24H,1H3,(H,22,25)/b21-11+. The van der Waals surface area contributed by atoms with E-state index in [1.165, 1.54) is 6.21 Å². The van der Waals surface area contributed by atoms with Crippen molar-refractivity contribution in [3.05, 3.63) is 76.9 Å². The predicted octanol–water partition coefficient (Wildman–Crippen LogP) is 3.43. The molecule has 0 fully saturated rings. The Bertz CT molecular complexity index is 993. The Labute approximate surface area is 144 Å². The molecule has 25 heavy (non-hydrogen) atoms. The van der Waals surface area contributed by atoms with Crippen molar-refractivity contribution in [3.8, 4) is 5.75 Å². The number of aryl methyl sites for hydroxylation is 1. The third kappa shape index (κ3) is 3.55. The quantitative estimate of drug-likeness (QED) is 0.436. The average Bonchev–Trinajstić information content (AvgIpc) is 2.62. The first kappa shape index (κ1) is 16.4. The number of benzene rings is 3. The molecule has 124 valence electrons. The average molecular weight is 332 g/mol. The van der Waals surface area contributed by atoms with Gasteiger partial charge in [-0.15, -0.1) is 0 Å². The van der Waals surface area contributed by atoms with Crippen LogP contribution in [0, 0.1) is 6.92 Å². The minimum absolute atomic E-state index is 0.106. The predicted molar refractivity (Wildman–Crippen MR) is 97.2 cm³/mol. The van der Waals surface area contributed by atoms with E-state index in [2.05, 4.69) is 10.5 Å². The van der Waals surface area contributed by atoms with Crippen molar-refractivity contribution in [1.82, 2.24) is 5.43 Å². The van der Waals surface area contributed by atoms with Crippen LogP contribution in [0.25, 0.3) is 10.8 Å². The van der Waals surface area contributed by atoms with E-state index in [0.29, 0.717) is 5.56 Å². The molecule has 0 saturated heterocycles. The lowest BCUT2D eigenvalue weighted by atomic mass is 10.1. The molecule has 0 radical (unpaired) electrons. The van der Waals surface area contributed by atoms with Crippen molar-refractivity contribution in [3.63, 3.8) is 0 Å². The van der Waals surface area contributed by atoms with Gasteiger partial charge in [0.05, 0.1) is 11.8 Å². The van der Waals surface area contributed by atoms with Gasteiger partial charge in [0.2, 0.25) is 0 Å². The third-order valence-electron chi connectivity index (χ3n) is 3.92. The zero-order chi connectivity index (χ0) is 17.8. The van der Waals surface area contributed by atoms with Crippen molar-refractivity contribution in [2.45, 2.75) is 6.92 Å². The smallest absolute Gasteiger partial charge is 0.275 e. The number of phenols is 1. The number of phenolic OH excluding ortho intramolecular Hbond substituents is 1. The van der Waals surface area contributed by atoms with Crippen LogP contribution in [0.1, 0.15) is 31.8 Å². The van der Waals surface area contributed by atoms with Gasteiger partial charge >= 0.3 is 0 Å². The van der Waals surface area contributed by atoms with Gasteiger partial charge < -0.3 is 5.11 Å². The van der Waals surface area contributed by atoms with E-state index in [9.17, 15) is 14.7 Å². The molecule has 0 atom stereocenters. The molecule has 5 heteroatoms. The fourth-order valence-electron chi connectivity index (χ4n) is 2.50. The molecule has 0 aliphatic rings. The Balaban J connectivity index is 1.81. The lowest BCUT2D eigenvalue weighted by molar-refractivity contribution is 0.0952. The Morgan fingerprint density at radius 1 is 1.08 bits per heavy atom. The number of fused-ring (bicyclic) bond motifs is 1. The molecule has 0 spiro atoms. The van der Waals surface area contributed by atoms with Crippen LogP contribution in [0.4, 0.5) is 0 Å². The Morgan fingerprint density at radius 2 is 1.80 bits per heavy atom. The second kappa shape index (κ2) is 6.97. The lowest BCUT2D eigenvalue weighted by Gasteiger charge is -2.06. The SMILES string of the molecule is Cc1ccc(C=O)cc1/C=N/NC(=O)c1cc2ccccc2cc1O. The number of hydrazone groups is 1. The van der Waals surface area contributed by atoms with Gasteiger partial charge in [0.25, 0.3) is 5.91 Å². The van der Waals surface area contributed by atoms with Crippen LogP contribution in [0.15, 0.2) is 59.7 Å². The maximum absolute atomic E-state index is 12.3. The Kier molecular flexibility index (Phi) is 4.57. The van der Waals surface area contributed by atoms with Gasteiger partial charge in [-0.25, -0.2) is 5.43 Å². The molecular weight excluding hydrogens is 316 g/mol. The van der Waals surface area contributed by atoms with Gasteiger partial charge in [-0.3, -0.25) is 9.59 Å². The van der Waals surface area contributed by atoms with Gasteiger partial charge in [-0.05, 0) is 47.0 Å². The van der Waals surface area contributed by atoms with Gasteiger partial charge in [0.1, 0.15) is 12.0 Å². The van der Waals surface area contributed by atoms with Crippen LogP contribution in [0.2, 0.25) is 0 Å². The van der Waals surface area contributed by atoms with Crippen LogP contribution >= 0.6 is 0 Å². The summed E-state index contributed by atoms with van der Waals surface area (Å²) in [7, 11) is 0. The van der Waals surface area contributed by atoms with Crippen LogP contribution in [-0.4, -0.2) is 23.5 Å². The zero-order valence-corrected chi connectivity index (χ0v) is 13.6. The minimum atomic E-state index is -0.510. The van der Waals surface area contributed by atoms with Crippen LogP contribution in [0.5, 0.6) is 5.75 Å². The molecule has 0 heterocycles. The molecule has 0 saturated carbocycles. The molecule has 5 nitrogen and oxygen atoms in total. The number of aromatic hydroxyl groups is 1. The number of aldehydes is 1. The third-order valence-corrected chi connectivity index (χ3v) is 3.92. The number of rotatable bonds is 4. The number of hydrogen-bond acceptors (Lipinski definition) is 4.